The molecule has 1 unspecified atom stereocenters. The molecule has 80 valence electrons. The molecule has 0 amide bonds. The van der Waals surface area contributed by atoms with E-state index in [2.05, 4.69) is 13.8 Å². The number of hydrogen-bond donors (Lipinski definition) is 1. The maximum Gasteiger partial charge on any atom is 0.0897 e. The SMILES string of the molecule is CC(C)C[C@@H](O)CCC(C)CCF. The lowest BCUT2D eigenvalue weighted by atomic mass is 9.96. The van der Waals surface area contributed by atoms with Gasteiger partial charge >= 0.3 is 0 Å². The summed E-state index contributed by atoms with van der Waals surface area (Å²) in [5, 5.41) is 9.54. The smallest absolute Gasteiger partial charge is 0.0897 e. The van der Waals surface area contributed by atoms with Gasteiger partial charge in [-0.3, -0.25) is 4.39 Å². The highest BCUT2D eigenvalue weighted by Gasteiger charge is 2.09. The fourth-order valence-electron chi connectivity index (χ4n) is 1.47. The van der Waals surface area contributed by atoms with Crippen LogP contribution < -0.4 is 0 Å². The second-order valence-corrected chi connectivity index (χ2v) is 4.44. The Labute approximate surface area is 81.3 Å². The van der Waals surface area contributed by atoms with Crippen LogP contribution in [-0.2, 0) is 0 Å². The average molecular weight is 190 g/mol. The molecule has 2 atom stereocenters. The second-order valence-electron chi connectivity index (χ2n) is 4.44. The van der Waals surface area contributed by atoms with Crippen LogP contribution in [0.1, 0.15) is 46.5 Å². The highest BCUT2D eigenvalue weighted by molar-refractivity contribution is 4.61. The van der Waals surface area contributed by atoms with Gasteiger partial charge in [-0.05, 0) is 37.5 Å². The lowest BCUT2D eigenvalue weighted by Crippen LogP contribution is -2.11. The third kappa shape index (κ3) is 8.23. The number of hydrogen-bond acceptors (Lipinski definition) is 1. The van der Waals surface area contributed by atoms with E-state index in [9.17, 15) is 9.50 Å². The Morgan fingerprint density at radius 3 is 2.15 bits per heavy atom. The largest absolute Gasteiger partial charge is 0.393 e. The maximum absolute atomic E-state index is 11.9. The fourth-order valence-corrected chi connectivity index (χ4v) is 1.47. The Bertz CT molecular complexity index is 115. The second kappa shape index (κ2) is 7.31. The van der Waals surface area contributed by atoms with E-state index in [1.54, 1.807) is 0 Å². The molecule has 1 nitrogen and oxygen atoms in total. The van der Waals surface area contributed by atoms with Crippen molar-refractivity contribution in [3.63, 3.8) is 0 Å². The third-order valence-electron chi connectivity index (χ3n) is 2.34. The summed E-state index contributed by atoms with van der Waals surface area (Å²) in [5.41, 5.74) is 0. The van der Waals surface area contributed by atoms with E-state index < -0.39 is 0 Å². The molecule has 0 fully saturated rings. The first-order valence-corrected chi connectivity index (χ1v) is 5.30. The highest BCUT2D eigenvalue weighted by Crippen LogP contribution is 2.15. The van der Waals surface area contributed by atoms with Crippen LogP contribution in [0.4, 0.5) is 4.39 Å². The van der Waals surface area contributed by atoms with Gasteiger partial charge in [-0.1, -0.05) is 20.8 Å². The van der Waals surface area contributed by atoms with Crippen LogP contribution in [0.3, 0.4) is 0 Å². The Hall–Kier alpha value is -0.110. The van der Waals surface area contributed by atoms with Crippen molar-refractivity contribution >= 4 is 0 Å². The minimum Gasteiger partial charge on any atom is -0.393 e. The quantitative estimate of drug-likeness (QED) is 0.653. The zero-order valence-corrected chi connectivity index (χ0v) is 9.09. The molecular weight excluding hydrogens is 167 g/mol. The summed E-state index contributed by atoms with van der Waals surface area (Å²) >= 11 is 0. The van der Waals surface area contributed by atoms with Crippen LogP contribution in [-0.4, -0.2) is 17.9 Å². The minimum absolute atomic E-state index is 0.193. The molecule has 0 radical (unpaired) electrons. The first-order chi connectivity index (χ1) is 6.06. The maximum atomic E-state index is 11.9. The predicted octanol–water partition coefficient (Wildman–Crippen LogP) is 3.17. The highest BCUT2D eigenvalue weighted by atomic mass is 19.1. The van der Waals surface area contributed by atoms with Gasteiger partial charge in [-0.15, -0.1) is 0 Å². The molecular formula is C11H23FO. The van der Waals surface area contributed by atoms with E-state index in [4.69, 9.17) is 0 Å². The number of alkyl halides is 1. The number of aliphatic hydroxyl groups excluding tert-OH is 1. The lowest BCUT2D eigenvalue weighted by Gasteiger charge is -2.15. The number of rotatable bonds is 7. The van der Waals surface area contributed by atoms with Gasteiger partial charge in [0.1, 0.15) is 0 Å². The van der Waals surface area contributed by atoms with Crippen molar-refractivity contribution in [3.05, 3.63) is 0 Å². The summed E-state index contributed by atoms with van der Waals surface area (Å²) < 4.78 is 11.9. The van der Waals surface area contributed by atoms with Crippen LogP contribution in [0.2, 0.25) is 0 Å². The molecule has 0 saturated heterocycles. The van der Waals surface area contributed by atoms with Gasteiger partial charge in [0.05, 0.1) is 12.8 Å². The minimum atomic E-state index is -0.235. The standard InChI is InChI=1S/C11H23FO/c1-9(2)8-11(13)5-4-10(3)6-7-12/h9-11,13H,4-8H2,1-3H3/t10?,11-/m0/s1. The predicted molar refractivity (Wildman–Crippen MR) is 54.5 cm³/mol. The Morgan fingerprint density at radius 1 is 1.08 bits per heavy atom. The molecule has 0 bridgehead atoms. The number of halogens is 1. The molecule has 0 aliphatic rings. The summed E-state index contributed by atoms with van der Waals surface area (Å²) in [4.78, 5) is 0. The molecule has 1 N–H and O–H groups in total. The summed E-state index contributed by atoms with van der Waals surface area (Å²) in [6, 6.07) is 0. The van der Waals surface area contributed by atoms with E-state index in [1.165, 1.54) is 0 Å². The van der Waals surface area contributed by atoms with Gasteiger partial charge in [0.25, 0.3) is 0 Å². The summed E-state index contributed by atoms with van der Waals surface area (Å²) in [7, 11) is 0. The lowest BCUT2D eigenvalue weighted by molar-refractivity contribution is 0.130. The molecule has 0 aliphatic carbocycles. The van der Waals surface area contributed by atoms with Gasteiger partial charge < -0.3 is 5.11 Å². The molecule has 0 heterocycles. The van der Waals surface area contributed by atoms with Crippen LogP contribution in [0, 0.1) is 11.8 Å². The molecule has 0 aromatic heterocycles. The van der Waals surface area contributed by atoms with E-state index in [0.717, 1.165) is 19.3 Å². The van der Waals surface area contributed by atoms with Gasteiger partial charge in [-0.2, -0.15) is 0 Å². The normalized spacial score (nSPS) is 16.2. The van der Waals surface area contributed by atoms with E-state index in [-0.39, 0.29) is 12.8 Å². The molecule has 0 aliphatic heterocycles. The van der Waals surface area contributed by atoms with Gasteiger partial charge in [0.2, 0.25) is 0 Å². The van der Waals surface area contributed by atoms with Crippen molar-refractivity contribution in [1.82, 2.24) is 0 Å². The fraction of sp³-hybridized carbons (Fsp3) is 1.00. The average Bonchev–Trinajstić information content (AvgIpc) is 2.00. The summed E-state index contributed by atoms with van der Waals surface area (Å²) in [5.74, 6) is 0.957. The zero-order chi connectivity index (χ0) is 10.3. The zero-order valence-electron chi connectivity index (χ0n) is 9.09. The van der Waals surface area contributed by atoms with Crippen LogP contribution in [0.15, 0.2) is 0 Å². The summed E-state index contributed by atoms with van der Waals surface area (Å²) in [6.45, 7) is 6.02. The number of aliphatic hydroxyl groups is 1. The first-order valence-electron chi connectivity index (χ1n) is 5.30. The van der Waals surface area contributed by atoms with E-state index in [0.29, 0.717) is 18.3 Å². The Balaban J connectivity index is 3.40. The molecule has 2 heteroatoms. The monoisotopic (exact) mass is 190 g/mol. The van der Waals surface area contributed by atoms with Crippen molar-refractivity contribution in [3.8, 4) is 0 Å². The van der Waals surface area contributed by atoms with E-state index >= 15 is 0 Å². The molecule has 0 spiro atoms. The first kappa shape index (κ1) is 12.9. The third-order valence-corrected chi connectivity index (χ3v) is 2.34. The molecule has 13 heavy (non-hydrogen) atoms. The van der Waals surface area contributed by atoms with Gasteiger partial charge in [0.15, 0.2) is 0 Å². The van der Waals surface area contributed by atoms with Crippen molar-refractivity contribution in [1.29, 1.82) is 0 Å². The summed E-state index contributed by atoms with van der Waals surface area (Å²) in [6.07, 6.45) is 3.07. The van der Waals surface area contributed by atoms with Crippen LogP contribution in [0.25, 0.3) is 0 Å². The van der Waals surface area contributed by atoms with Crippen LogP contribution >= 0.6 is 0 Å². The van der Waals surface area contributed by atoms with Crippen LogP contribution in [0.5, 0.6) is 0 Å². The van der Waals surface area contributed by atoms with Crippen molar-refractivity contribution in [2.24, 2.45) is 11.8 Å². The molecule has 0 saturated carbocycles. The van der Waals surface area contributed by atoms with Crippen molar-refractivity contribution in [2.45, 2.75) is 52.6 Å². The van der Waals surface area contributed by atoms with Gasteiger partial charge in [-0.25, -0.2) is 0 Å². The topological polar surface area (TPSA) is 20.2 Å². The van der Waals surface area contributed by atoms with E-state index in [1.807, 2.05) is 6.92 Å². The van der Waals surface area contributed by atoms with Crippen molar-refractivity contribution in [2.75, 3.05) is 6.67 Å². The molecule has 0 aromatic rings. The Kier molecular flexibility index (Phi) is 7.25. The Morgan fingerprint density at radius 2 is 1.69 bits per heavy atom. The molecule has 0 rings (SSSR count). The van der Waals surface area contributed by atoms with Crippen molar-refractivity contribution < 1.29 is 9.50 Å². The molecule has 0 aromatic carbocycles. The van der Waals surface area contributed by atoms with Gasteiger partial charge in [0, 0.05) is 0 Å².